The molecule has 11 heteroatoms. The molecule has 0 aromatic heterocycles. The number of amides is 3. The Hall–Kier alpha value is -1.46. The maximum absolute atomic E-state index is 12.2. The van der Waals surface area contributed by atoms with Crippen molar-refractivity contribution in [3.05, 3.63) is 0 Å². The summed E-state index contributed by atoms with van der Waals surface area (Å²) >= 11 is 3.06. The average molecular weight is 409 g/mol. The summed E-state index contributed by atoms with van der Waals surface area (Å²) in [6.45, 7) is 1.03. The number of aliphatic carboxylic acids is 1. The van der Waals surface area contributed by atoms with Crippen molar-refractivity contribution in [3.8, 4) is 0 Å². The lowest BCUT2D eigenvalue weighted by molar-refractivity contribution is -0.141. The molecule has 0 aliphatic heterocycles. The third-order valence-corrected chi connectivity index (χ3v) is 4.67. The smallest absolute Gasteiger partial charge is 0.325 e. The molecule has 0 radical (unpaired) electrons. The summed E-state index contributed by atoms with van der Waals surface area (Å²) in [6.07, 6.45) is 4.60. The van der Waals surface area contributed by atoms with Crippen LogP contribution in [0.1, 0.15) is 19.8 Å². The molecule has 0 bridgehead atoms. The lowest BCUT2D eigenvalue weighted by atomic mass is 10.2. The van der Waals surface area contributed by atoms with Gasteiger partial charge in [-0.05, 0) is 43.8 Å². The molecule has 26 heavy (non-hydrogen) atoms. The van der Waals surface area contributed by atoms with Gasteiger partial charge in [0.15, 0.2) is 0 Å². The van der Waals surface area contributed by atoms with Crippen LogP contribution in [0.4, 0.5) is 0 Å². The number of carbonyl (C=O) groups excluding carboxylic acids is 3. The van der Waals surface area contributed by atoms with E-state index < -0.39 is 41.8 Å². The van der Waals surface area contributed by atoms with E-state index in [0.29, 0.717) is 18.6 Å². The second kappa shape index (κ2) is 13.7. The van der Waals surface area contributed by atoms with E-state index in [1.54, 1.807) is 11.8 Å². The number of hydrogen-bond donors (Lipinski definition) is 5. The molecule has 9 nitrogen and oxygen atoms in total. The molecule has 0 aromatic carbocycles. The Morgan fingerprint density at radius 1 is 1.00 bits per heavy atom. The van der Waals surface area contributed by atoms with Crippen LogP contribution in [-0.2, 0) is 19.2 Å². The molecule has 0 aliphatic rings. The number of carboxylic acids is 1. The highest BCUT2D eigenvalue weighted by molar-refractivity contribution is 7.98. The summed E-state index contributed by atoms with van der Waals surface area (Å²) in [7, 11) is 0. The van der Waals surface area contributed by atoms with Crippen LogP contribution < -0.4 is 21.7 Å². The molecule has 3 atom stereocenters. The van der Waals surface area contributed by atoms with Gasteiger partial charge in [-0.15, -0.1) is 0 Å². The zero-order valence-electron chi connectivity index (χ0n) is 15.2. The van der Waals surface area contributed by atoms with E-state index in [2.05, 4.69) is 16.0 Å². The summed E-state index contributed by atoms with van der Waals surface area (Å²) < 4.78 is 0. The van der Waals surface area contributed by atoms with Crippen molar-refractivity contribution in [3.63, 3.8) is 0 Å². The van der Waals surface area contributed by atoms with Crippen molar-refractivity contribution in [2.75, 3.05) is 30.6 Å². The Balaban J connectivity index is 4.56. The Morgan fingerprint density at radius 2 is 1.58 bits per heavy atom. The third-order valence-electron chi connectivity index (χ3n) is 3.38. The molecule has 0 heterocycles. The molecular weight excluding hydrogens is 380 g/mol. The van der Waals surface area contributed by atoms with E-state index >= 15 is 0 Å². The number of rotatable bonds is 13. The third kappa shape index (κ3) is 10.5. The predicted octanol–water partition coefficient (Wildman–Crippen LogP) is -0.990. The topological polar surface area (TPSA) is 151 Å². The van der Waals surface area contributed by atoms with Gasteiger partial charge in [0, 0.05) is 0 Å². The fourth-order valence-electron chi connectivity index (χ4n) is 1.80. The van der Waals surface area contributed by atoms with Gasteiger partial charge in [0.25, 0.3) is 0 Å². The minimum atomic E-state index is -1.17. The van der Waals surface area contributed by atoms with Gasteiger partial charge in [0.1, 0.15) is 12.1 Å². The Morgan fingerprint density at radius 3 is 2.12 bits per heavy atom. The molecular formula is C15H28N4O5S2. The van der Waals surface area contributed by atoms with E-state index in [1.165, 1.54) is 18.7 Å². The molecule has 0 rings (SSSR count). The van der Waals surface area contributed by atoms with Gasteiger partial charge in [-0.1, -0.05) is 0 Å². The largest absolute Gasteiger partial charge is 0.480 e. The normalized spacial score (nSPS) is 14.0. The highest BCUT2D eigenvalue weighted by atomic mass is 32.2. The van der Waals surface area contributed by atoms with Gasteiger partial charge in [0.2, 0.25) is 17.7 Å². The fourth-order valence-corrected chi connectivity index (χ4v) is 2.76. The van der Waals surface area contributed by atoms with Crippen LogP contribution in [0.2, 0.25) is 0 Å². The molecule has 3 amide bonds. The Labute approximate surface area is 162 Å². The van der Waals surface area contributed by atoms with Crippen molar-refractivity contribution in [2.45, 2.75) is 37.9 Å². The van der Waals surface area contributed by atoms with Crippen molar-refractivity contribution in [1.29, 1.82) is 0 Å². The van der Waals surface area contributed by atoms with E-state index in [4.69, 9.17) is 10.8 Å². The fraction of sp³-hybridized carbons (Fsp3) is 0.733. The predicted molar refractivity (Wildman–Crippen MR) is 104 cm³/mol. The van der Waals surface area contributed by atoms with Crippen molar-refractivity contribution < 1.29 is 24.3 Å². The minimum Gasteiger partial charge on any atom is -0.480 e. The first-order valence-electron chi connectivity index (χ1n) is 8.06. The first-order chi connectivity index (χ1) is 12.2. The summed E-state index contributed by atoms with van der Waals surface area (Å²) in [5.41, 5.74) is 5.71. The van der Waals surface area contributed by atoms with Crippen LogP contribution in [0.25, 0.3) is 0 Å². The van der Waals surface area contributed by atoms with Crippen LogP contribution in [0.15, 0.2) is 0 Å². The van der Waals surface area contributed by atoms with Crippen molar-refractivity contribution >= 4 is 47.2 Å². The van der Waals surface area contributed by atoms with Crippen LogP contribution in [0, 0.1) is 0 Å². The second-order valence-corrected chi connectivity index (χ2v) is 7.55. The number of nitrogens with one attached hydrogen (secondary N) is 3. The first kappa shape index (κ1) is 24.5. The quantitative estimate of drug-likeness (QED) is 0.261. The molecule has 0 saturated heterocycles. The van der Waals surface area contributed by atoms with Crippen molar-refractivity contribution in [2.24, 2.45) is 5.73 Å². The van der Waals surface area contributed by atoms with Gasteiger partial charge >= 0.3 is 5.97 Å². The number of carbonyl (C=O) groups is 4. The van der Waals surface area contributed by atoms with E-state index in [9.17, 15) is 19.2 Å². The standard InChI is InChI=1S/C15H28N4O5S2/c1-9(15(23)24)18-14(22)11(5-7-26-3)19-12(20)8-17-13(21)10(16)4-6-25-2/h9-11H,4-8,16H2,1-3H3,(H,17,21)(H,18,22)(H,19,20)(H,23,24). The summed E-state index contributed by atoms with van der Waals surface area (Å²) in [4.78, 5) is 46.8. The summed E-state index contributed by atoms with van der Waals surface area (Å²) in [5, 5.41) is 16.1. The molecule has 150 valence electrons. The van der Waals surface area contributed by atoms with E-state index in [1.807, 2.05) is 12.5 Å². The molecule has 0 spiro atoms. The van der Waals surface area contributed by atoms with E-state index in [-0.39, 0.29) is 6.54 Å². The van der Waals surface area contributed by atoms with Crippen LogP contribution in [0.3, 0.4) is 0 Å². The maximum Gasteiger partial charge on any atom is 0.325 e. The highest BCUT2D eigenvalue weighted by Gasteiger charge is 2.24. The zero-order valence-corrected chi connectivity index (χ0v) is 16.9. The molecule has 0 aromatic rings. The summed E-state index contributed by atoms with van der Waals surface area (Å²) in [6, 6.07) is -2.63. The highest BCUT2D eigenvalue weighted by Crippen LogP contribution is 2.02. The van der Waals surface area contributed by atoms with Crippen LogP contribution >= 0.6 is 23.5 Å². The average Bonchev–Trinajstić information content (AvgIpc) is 2.60. The summed E-state index contributed by atoms with van der Waals surface area (Å²) in [5.74, 6) is -1.38. The molecule has 0 saturated carbocycles. The van der Waals surface area contributed by atoms with Crippen LogP contribution in [-0.4, -0.2) is 77.5 Å². The van der Waals surface area contributed by atoms with Gasteiger partial charge in [-0.3, -0.25) is 19.2 Å². The number of hydrogen-bond acceptors (Lipinski definition) is 7. The van der Waals surface area contributed by atoms with Crippen LogP contribution in [0.5, 0.6) is 0 Å². The van der Waals surface area contributed by atoms with Crippen molar-refractivity contribution in [1.82, 2.24) is 16.0 Å². The second-order valence-electron chi connectivity index (χ2n) is 5.58. The SMILES string of the molecule is CSCCC(N)C(=O)NCC(=O)NC(CCSC)C(=O)NC(C)C(=O)O. The Bertz CT molecular complexity index is 493. The number of thioether (sulfide) groups is 2. The van der Waals surface area contributed by atoms with E-state index in [0.717, 1.165) is 5.75 Å². The lowest BCUT2D eigenvalue weighted by Crippen LogP contribution is -2.53. The minimum absolute atomic E-state index is 0.302. The molecule has 6 N–H and O–H groups in total. The number of nitrogens with two attached hydrogens (primary N) is 1. The molecule has 0 aliphatic carbocycles. The molecule has 3 unspecified atom stereocenters. The number of carboxylic acid groups (broad SMARTS) is 1. The monoisotopic (exact) mass is 408 g/mol. The lowest BCUT2D eigenvalue weighted by Gasteiger charge is -2.20. The van der Waals surface area contributed by atoms with Gasteiger partial charge in [-0.25, -0.2) is 0 Å². The Kier molecular flexibility index (Phi) is 12.9. The molecule has 0 fully saturated rings. The zero-order chi connectivity index (χ0) is 20.1. The van der Waals surface area contributed by atoms with Gasteiger partial charge in [0.05, 0.1) is 12.6 Å². The van der Waals surface area contributed by atoms with Gasteiger partial charge < -0.3 is 26.8 Å². The first-order valence-corrected chi connectivity index (χ1v) is 10.8. The maximum atomic E-state index is 12.2. The van der Waals surface area contributed by atoms with Gasteiger partial charge in [-0.2, -0.15) is 23.5 Å².